The summed E-state index contributed by atoms with van der Waals surface area (Å²) in [5, 5.41) is 5.67. The van der Waals surface area contributed by atoms with Gasteiger partial charge in [0.15, 0.2) is 28.2 Å². The van der Waals surface area contributed by atoms with Crippen LogP contribution in [-0.4, -0.2) is 58.5 Å². The second-order valence-electron chi connectivity index (χ2n) is 10.6. The molecule has 3 aromatic rings. The van der Waals surface area contributed by atoms with Crippen LogP contribution >= 0.6 is 11.8 Å². The predicted octanol–water partition coefficient (Wildman–Crippen LogP) is 4.35. The van der Waals surface area contributed by atoms with Crippen molar-refractivity contribution >= 4 is 51.9 Å². The number of amidine groups is 2. The van der Waals surface area contributed by atoms with Gasteiger partial charge in [0.2, 0.25) is 25.4 Å². The van der Waals surface area contributed by atoms with Crippen LogP contribution in [0, 0.1) is 0 Å². The number of carbonyl (C=O) groups excluding carboxylic acids is 3. The molecule has 230 valence electrons. The molecule has 4 heterocycles. The summed E-state index contributed by atoms with van der Waals surface area (Å²) in [5.41, 5.74) is 2.85. The van der Waals surface area contributed by atoms with E-state index in [1.807, 2.05) is 49.4 Å². The summed E-state index contributed by atoms with van der Waals surface area (Å²) in [4.78, 5) is 50.8. The Morgan fingerprint density at radius 2 is 1.71 bits per heavy atom. The summed E-state index contributed by atoms with van der Waals surface area (Å²) in [7, 11) is 0. The Balaban J connectivity index is 1.02. The van der Waals surface area contributed by atoms with Crippen molar-refractivity contribution in [3.63, 3.8) is 0 Å². The molecule has 0 radical (unpaired) electrons. The first-order chi connectivity index (χ1) is 22.0. The van der Waals surface area contributed by atoms with Gasteiger partial charge in [-0.3, -0.25) is 19.4 Å². The molecule has 0 spiro atoms. The summed E-state index contributed by atoms with van der Waals surface area (Å²) < 4.78 is 21.5. The first-order valence-electron chi connectivity index (χ1n) is 14.6. The van der Waals surface area contributed by atoms with Crippen LogP contribution in [0.25, 0.3) is 0 Å². The normalized spacial score (nSPS) is 17.7. The Morgan fingerprint density at radius 1 is 0.978 bits per heavy atom. The zero-order valence-electron chi connectivity index (χ0n) is 24.3. The van der Waals surface area contributed by atoms with Crippen molar-refractivity contribution in [2.45, 2.75) is 44.0 Å². The molecular weight excluding hydrogens is 598 g/mol. The highest BCUT2D eigenvalue weighted by Crippen LogP contribution is 2.37. The van der Waals surface area contributed by atoms with Crippen molar-refractivity contribution < 1.29 is 33.3 Å². The van der Waals surface area contributed by atoms with Crippen molar-refractivity contribution in [3.8, 4) is 23.0 Å². The molecule has 13 heteroatoms. The van der Waals surface area contributed by atoms with Crippen LogP contribution in [0.4, 0.5) is 11.4 Å². The molecular formula is C32H29N5O7S. The third kappa shape index (κ3) is 5.78. The fourth-order valence-corrected chi connectivity index (χ4v) is 6.34. The van der Waals surface area contributed by atoms with Crippen LogP contribution in [0.3, 0.4) is 0 Å². The Morgan fingerprint density at radius 3 is 2.51 bits per heavy atom. The molecule has 3 amide bonds. The number of hydrogen-bond donors (Lipinski definition) is 2. The highest BCUT2D eigenvalue weighted by molar-refractivity contribution is 8.15. The maximum Gasteiger partial charge on any atom is 0.259 e. The molecule has 0 aromatic heterocycles. The quantitative estimate of drug-likeness (QED) is 0.357. The number of thioether (sulfide) groups is 1. The Kier molecular flexibility index (Phi) is 7.76. The zero-order chi connectivity index (χ0) is 30.9. The molecule has 2 atom stereocenters. The second-order valence-corrected chi connectivity index (χ2v) is 11.8. The van der Waals surface area contributed by atoms with Gasteiger partial charge in [0.25, 0.3) is 5.91 Å². The third-order valence-corrected chi connectivity index (χ3v) is 8.99. The predicted molar refractivity (Wildman–Crippen MR) is 167 cm³/mol. The van der Waals surface area contributed by atoms with Crippen LogP contribution in [0.5, 0.6) is 23.0 Å². The van der Waals surface area contributed by atoms with Gasteiger partial charge in [0, 0.05) is 30.3 Å². The van der Waals surface area contributed by atoms with E-state index in [0.29, 0.717) is 58.3 Å². The van der Waals surface area contributed by atoms with E-state index < -0.39 is 11.3 Å². The fraction of sp³-hybridized carbons (Fsp3) is 0.281. The van der Waals surface area contributed by atoms with Gasteiger partial charge in [0.1, 0.15) is 11.9 Å². The molecule has 12 nitrogen and oxygen atoms in total. The highest BCUT2D eigenvalue weighted by atomic mass is 32.2. The molecule has 0 fully saturated rings. The largest absolute Gasteiger partial charge is 0.454 e. The summed E-state index contributed by atoms with van der Waals surface area (Å²) in [6.45, 7) is 2.55. The summed E-state index contributed by atoms with van der Waals surface area (Å²) in [6.07, 6.45) is 0.833. The molecule has 4 aliphatic rings. The molecule has 0 bridgehead atoms. The van der Waals surface area contributed by atoms with Crippen LogP contribution in [-0.2, 0) is 20.9 Å². The molecule has 0 saturated carbocycles. The first-order valence-corrected chi connectivity index (χ1v) is 15.5. The molecule has 3 aromatic carbocycles. The minimum atomic E-state index is -0.754. The third-order valence-electron chi connectivity index (χ3n) is 7.67. The number of aliphatic imine (C=N–C) groups is 2. The van der Waals surface area contributed by atoms with Gasteiger partial charge in [-0.25, -0.2) is 9.89 Å². The lowest BCUT2D eigenvalue weighted by Gasteiger charge is -2.27. The van der Waals surface area contributed by atoms with E-state index in [9.17, 15) is 14.4 Å². The number of fused-ring (bicyclic) bond motifs is 5. The van der Waals surface area contributed by atoms with Crippen molar-refractivity contribution in [1.82, 2.24) is 10.2 Å². The fourth-order valence-electron chi connectivity index (χ4n) is 5.32. The van der Waals surface area contributed by atoms with E-state index in [0.717, 1.165) is 11.1 Å². The minimum Gasteiger partial charge on any atom is -0.454 e. The van der Waals surface area contributed by atoms with E-state index >= 15 is 0 Å². The number of nitrogens with one attached hydrogen (secondary N) is 2. The topological polar surface area (TPSA) is 140 Å². The van der Waals surface area contributed by atoms with Crippen LogP contribution in [0.1, 0.15) is 37.3 Å². The number of benzene rings is 3. The number of ether oxygens (including phenoxy) is 4. The number of hydrogen-bond acceptors (Lipinski definition) is 10. The second kappa shape index (κ2) is 12.2. The summed E-state index contributed by atoms with van der Waals surface area (Å²) in [5.74, 6) is 2.30. The summed E-state index contributed by atoms with van der Waals surface area (Å²) >= 11 is 1.21. The number of nitrogens with zero attached hydrogens (tertiary/aromatic N) is 3. The molecule has 45 heavy (non-hydrogen) atoms. The lowest BCUT2D eigenvalue weighted by atomic mass is 10.1. The van der Waals surface area contributed by atoms with Crippen LogP contribution in [0.15, 0.2) is 70.6 Å². The van der Waals surface area contributed by atoms with Crippen molar-refractivity contribution in [3.05, 3.63) is 71.8 Å². The standard InChI is InChI=1S/C32H29N5O7S/c1-2-27(30(39)34-19-8-11-24-26(14-19)44-17-42-24)45-32-36-21-6-4-3-5-20(21)29-35-22(31(40)37(29)32)9-12-28(38)33-15-18-7-10-23-25(13-18)43-16-41-23/h3-8,10-11,13-14,22,27H,2,9,12,15-17H2,1H3,(H,33,38)(H,34,39). The first kappa shape index (κ1) is 28.7. The van der Waals surface area contributed by atoms with E-state index in [1.165, 1.54) is 16.7 Å². The Labute approximate surface area is 262 Å². The SMILES string of the molecule is CCC(SC1=Nc2ccccc2C2=NC(CCC(=O)NCc3ccc4c(c3)OCO4)C(=O)N12)C(=O)Nc1ccc2c(c1)OCO2. The van der Waals surface area contributed by atoms with Gasteiger partial charge in [-0.1, -0.05) is 36.9 Å². The number of anilines is 1. The average molecular weight is 628 g/mol. The van der Waals surface area contributed by atoms with Crippen LogP contribution < -0.4 is 29.6 Å². The smallest absolute Gasteiger partial charge is 0.259 e. The van der Waals surface area contributed by atoms with Gasteiger partial charge in [-0.05, 0) is 54.8 Å². The summed E-state index contributed by atoms with van der Waals surface area (Å²) in [6, 6.07) is 17.4. The van der Waals surface area contributed by atoms with Crippen molar-refractivity contribution in [2.24, 2.45) is 9.98 Å². The number of rotatable bonds is 9. The molecule has 2 unspecified atom stereocenters. The van der Waals surface area contributed by atoms with Crippen molar-refractivity contribution in [1.29, 1.82) is 0 Å². The maximum atomic E-state index is 13.7. The Bertz CT molecular complexity index is 1760. The monoisotopic (exact) mass is 627 g/mol. The van der Waals surface area contributed by atoms with E-state index in [4.69, 9.17) is 28.9 Å². The number of carbonyl (C=O) groups is 3. The van der Waals surface area contributed by atoms with E-state index in [1.54, 1.807) is 18.2 Å². The van der Waals surface area contributed by atoms with Crippen LogP contribution in [0.2, 0.25) is 0 Å². The van der Waals surface area contributed by atoms with E-state index in [2.05, 4.69) is 10.6 Å². The van der Waals surface area contributed by atoms with Gasteiger partial charge in [0.05, 0.1) is 10.9 Å². The lowest BCUT2D eigenvalue weighted by Crippen LogP contribution is -2.42. The molecule has 2 N–H and O–H groups in total. The molecule has 0 aliphatic carbocycles. The van der Waals surface area contributed by atoms with Gasteiger partial charge >= 0.3 is 0 Å². The van der Waals surface area contributed by atoms with Gasteiger partial charge in [-0.2, -0.15) is 0 Å². The number of para-hydroxylation sites is 1. The molecule has 0 saturated heterocycles. The molecule has 4 aliphatic heterocycles. The van der Waals surface area contributed by atoms with Crippen molar-refractivity contribution in [2.75, 3.05) is 18.9 Å². The van der Waals surface area contributed by atoms with Gasteiger partial charge in [-0.15, -0.1) is 0 Å². The van der Waals surface area contributed by atoms with Gasteiger partial charge < -0.3 is 29.6 Å². The maximum absolute atomic E-state index is 13.7. The molecule has 7 rings (SSSR count). The minimum absolute atomic E-state index is 0.113. The lowest BCUT2D eigenvalue weighted by molar-refractivity contribution is -0.125. The van der Waals surface area contributed by atoms with E-state index in [-0.39, 0.29) is 44.1 Å². The average Bonchev–Trinajstić information content (AvgIpc) is 3.80. The highest BCUT2D eigenvalue weighted by Gasteiger charge is 2.42. The Hall–Kier alpha value is -5.04. The number of amides is 3. The zero-order valence-corrected chi connectivity index (χ0v) is 25.1.